The highest BCUT2D eigenvalue weighted by atomic mass is 16.5. The van der Waals surface area contributed by atoms with Gasteiger partial charge in [-0.25, -0.2) is 0 Å². The van der Waals surface area contributed by atoms with E-state index < -0.39 is 6.04 Å². The lowest BCUT2D eigenvalue weighted by Crippen LogP contribution is -2.35. The first-order valence-electron chi connectivity index (χ1n) is 6.97. The minimum atomic E-state index is -0.459. The van der Waals surface area contributed by atoms with Gasteiger partial charge in [0, 0.05) is 0 Å². The molecule has 3 N–H and O–H groups in total. The number of benzene rings is 1. The van der Waals surface area contributed by atoms with Crippen molar-refractivity contribution in [2.24, 2.45) is 5.73 Å². The molecule has 1 aromatic carbocycles. The standard InChI is InChI=1S/C15H24N2O2/c1-3-5-8-12(16)15(18)17-13-9-6-7-10-14(13)19-11-4-2/h6-7,9-10,12H,3-5,8,11,16H2,1-2H3,(H,17,18)/t12-/m0/s1. The maximum Gasteiger partial charge on any atom is 0.241 e. The van der Waals surface area contributed by atoms with E-state index in [1.54, 1.807) is 0 Å². The van der Waals surface area contributed by atoms with Gasteiger partial charge in [0.2, 0.25) is 5.91 Å². The minimum Gasteiger partial charge on any atom is -0.491 e. The van der Waals surface area contributed by atoms with Gasteiger partial charge < -0.3 is 15.8 Å². The van der Waals surface area contributed by atoms with E-state index in [0.29, 0.717) is 24.5 Å². The fourth-order valence-corrected chi connectivity index (χ4v) is 1.69. The Bertz CT molecular complexity index is 393. The number of carbonyl (C=O) groups is 1. The van der Waals surface area contributed by atoms with Crippen LogP contribution < -0.4 is 15.8 Å². The average Bonchev–Trinajstić information content (AvgIpc) is 2.43. The molecule has 106 valence electrons. The molecule has 0 bridgehead atoms. The van der Waals surface area contributed by atoms with Gasteiger partial charge in [0.05, 0.1) is 18.3 Å². The molecule has 4 nitrogen and oxygen atoms in total. The van der Waals surface area contributed by atoms with E-state index in [4.69, 9.17) is 10.5 Å². The summed E-state index contributed by atoms with van der Waals surface area (Å²) in [4.78, 5) is 12.0. The number of nitrogens with one attached hydrogen (secondary N) is 1. The molecule has 0 radical (unpaired) electrons. The molecule has 0 aromatic heterocycles. The molecule has 4 heteroatoms. The van der Waals surface area contributed by atoms with Crippen molar-refractivity contribution >= 4 is 11.6 Å². The van der Waals surface area contributed by atoms with Crippen LogP contribution in [0.25, 0.3) is 0 Å². The van der Waals surface area contributed by atoms with Crippen LogP contribution in [0.5, 0.6) is 5.75 Å². The fourth-order valence-electron chi connectivity index (χ4n) is 1.69. The molecule has 1 aromatic rings. The number of hydrogen-bond donors (Lipinski definition) is 2. The zero-order chi connectivity index (χ0) is 14.1. The Morgan fingerprint density at radius 1 is 1.32 bits per heavy atom. The van der Waals surface area contributed by atoms with E-state index in [9.17, 15) is 4.79 Å². The van der Waals surface area contributed by atoms with Crippen molar-refractivity contribution in [2.75, 3.05) is 11.9 Å². The number of ether oxygens (including phenoxy) is 1. The van der Waals surface area contributed by atoms with E-state index in [1.165, 1.54) is 0 Å². The van der Waals surface area contributed by atoms with Crippen LogP contribution in [0.2, 0.25) is 0 Å². The van der Waals surface area contributed by atoms with Gasteiger partial charge in [-0.2, -0.15) is 0 Å². The topological polar surface area (TPSA) is 64.4 Å². The fraction of sp³-hybridized carbons (Fsp3) is 0.533. The van der Waals surface area contributed by atoms with Crippen LogP contribution in [0, 0.1) is 0 Å². The number of unbranched alkanes of at least 4 members (excludes halogenated alkanes) is 1. The van der Waals surface area contributed by atoms with Crippen molar-refractivity contribution in [3.8, 4) is 5.75 Å². The molecule has 0 saturated heterocycles. The van der Waals surface area contributed by atoms with Crippen LogP contribution in [0.4, 0.5) is 5.69 Å². The van der Waals surface area contributed by atoms with Crippen molar-refractivity contribution in [2.45, 2.75) is 45.6 Å². The van der Waals surface area contributed by atoms with Crippen molar-refractivity contribution in [1.29, 1.82) is 0 Å². The van der Waals surface area contributed by atoms with Gasteiger partial charge >= 0.3 is 0 Å². The third-order valence-corrected chi connectivity index (χ3v) is 2.81. The van der Waals surface area contributed by atoms with Crippen molar-refractivity contribution in [3.05, 3.63) is 24.3 Å². The number of anilines is 1. The van der Waals surface area contributed by atoms with Crippen LogP contribution >= 0.6 is 0 Å². The van der Waals surface area contributed by atoms with E-state index in [1.807, 2.05) is 31.2 Å². The summed E-state index contributed by atoms with van der Waals surface area (Å²) >= 11 is 0. The molecule has 1 amide bonds. The maximum absolute atomic E-state index is 12.0. The maximum atomic E-state index is 12.0. The van der Waals surface area contributed by atoms with Crippen LogP contribution in [0.15, 0.2) is 24.3 Å². The quantitative estimate of drug-likeness (QED) is 0.758. The largest absolute Gasteiger partial charge is 0.491 e. The molecule has 0 spiro atoms. The normalized spacial score (nSPS) is 11.9. The highest BCUT2D eigenvalue weighted by molar-refractivity contribution is 5.95. The summed E-state index contributed by atoms with van der Waals surface area (Å²) in [6.07, 6.45) is 3.64. The third-order valence-electron chi connectivity index (χ3n) is 2.81. The molecule has 0 heterocycles. The number of rotatable bonds is 8. The first-order valence-corrected chi connectivity index (χ1v) is 6.97. The van der Waals surface area contributed by atoms with Gasteiger partial charge in [-0.3, -0.25) is 4.79 Å². The first-order chi connectivity index (χ1) is 9.19. The lowest BCUT2D eigenvalue weighted by Gasteiger charge is -2.15. The summed E-state index contributed by atoms with van der Waals surface area (Å²) in [6.45, 7) is 4.76. The SMILES string of the molecule is CCCC[C@H](N)C(=O)Nc1ccccc1OCCC. The van der Waals surface area contributed by atoms with E-state index >= 15 is 0 Å². The van der Waals surface area contributed by atoms with Crippen molar-refractivity contribution in [3.63, 3.8) is 0 Å². The monoisotopic (exact) mass is 264 g/mol. The van der Waals surface area contributed by atoms with Gasteiger partial charge in [-0.15, -0.1) is 0 Å². The Balaban J connectivity index is 2.62. The highest BCUT2D eigenvalue weighted by Gasteiger charge is 2.14. The molecule has 0 aliphatic heterocycles. The third kappa shape index (κ3) is 5.30. The molecule has 1 atom stereocenters. The van der Waals surface area contributed by atoms with Crippen LogP contribution in [-0.4, -0.2) is 18.6 Å². The van der Waals surface area contributed by atoms with Gasteiger partial charge in [0.25, 0.3) is 0 Å². The molecule has 1 rings (SSSR count). The summed E-state index contributed by atoms with van der Waals surface area (Å²) in [6, 6.07) is 6.97. The lowest BCUT2D eigenvalue weighted by atomic mass is 10.1. The molecular formula is C15H24N2O2. The number of carbonyl (C=O) groups excluding carboxylic acids is 1. The smallest absolute Gasteiger partial charge is 0.241 e. The number of nitrogens with two attached hydrogens (primary N) is 1. The highest BCUT2D eigenvalue weighted by Crippen LogP contribution is 2.24. The van der Waals surface area contributed by atoms with Gasteiger partial charge in [-0.05, 0) is 25.0 Å². The molecule has 0 fully saturated rings. The number of hydrogen-bond acceptors (Lipinski definition) is 3. The Labute approximate surface area is 115 Å². The van der Waals surface area contributed by atoms with E-state index in [2.05, 4.69) is 12.2 Å². The van der Waals surface area contributed by atoms with Crippen LogP contribution in [-0.2, 0) is 4.79 Å². The zero-order valence-corrected chi connectivity index (χ0v) is 11.8. The zero-order valence-electron chi connectivity index (χ0n) is 11.8. The second kappa shape index (κ2) is 8.53. The van der Waals surface area contributed by atoms with Crippen molar-refractivity contribution in [1.82, 2.24) is 0 Å². The van der Waals surface area contributed by atoms with Gasteiger partial charge in [0.15, 0.2) is 0 Å². The summed E-state index contributed by atoms with van der Waals surface area (Å²) in [5.41, 5.74) is 6.54. The predicted octanol–water partition coefficient (Wildman–Crippen LogP) is 2.93. The number of para-hydroxylation sites is 2. The Morgan fingerprint density at radius 2 is 2.05 bits per heavy atom. The van der Waals surface area contributed by atoms with Crippen molar-refractivity contribution < 1.29 is 9.53 Å². The van der Waals surface area contributed by atoms with Gasteiger partial charge in [-0.1, -0.05) is 38.8 Å². The van der Waals surface area contributed by atoms with E-state index in [-0.39, 0.29) is 5.91 Å². The Hall–Kier alpha value is -1.55. The molecule has 0 saturated carbocycles. The molecule has 0 aliphatic rings. The molecule has 19 heavy (non-hydrogen) atoms. The number of amides is 1. The van der Waals surface area contributed by atoms with Crippen LogP contribution in [0.3, 0.4) is 0 Å². The Kier molecular flexibility index (Phi) is 6.97. The molecular weight excluding hydrogens is 240 g/mol. The predicted molar refractivity (Wildman–Crippen MR) is 78.4 cm³/mol. The van der Waals surface area contributed by atoms with Gasteiger partial charge in [0.1, 0.15) is 5.75 Å². The summed E-state index contributed by atoms with van der Waals surface area (Å²) in [5, 5.41) is 2.84. The summed E-state index contributed by atoms with van der Waals surface area (Å²) in [5.74, 6) is 0.543. The Morgan fingerprint density at radius 3 is 2.74 bits per heavy atom. The summed E-state index contributed by atoms with van der Waals surface area (Å²) in [7, 11) is 0. The lowest BCUT2D eigenvalue weighted by molar-refractivity contribution is -0.117. The second-order valence-corrected chi connectivity index (χ2v) is 4.58. The van der Waals surface area contributed by atoms with E-state index in [0.717, 1.165) is 19.3 Å². The average molecular weight is 264 g/mol. The molecule has 0 unspecified atom stereocenters. The van der Waals surface area contributed by atoms with Crippen LogP contribution in [0.1, 0.15) is 39.5 Å². The summed E-state index contributed by atoms with van der Waals surface area (Å²) < 4.78 is 5.59. The molecule has 0 aliphatic carbocycles. The first kappa shape index (κ1) is 15.5. The minimum absolute atomic E-state index is 0.152. The second-order valence-electron chi connectivity index (χ2n) is 4.58.